The van der Waals surface area contributed by atoms with Crippen LogP contribution in [-0.4, -0.2) is 48.1 Å². The molecule has 0 bridgehead atoms. The van der Waals surface area contributed by atoms with Gasteiger partial charge in [-0.1, -0.05) is 6.07 Å². The van der Waals surface area contributed by atoms with Crippen LogP contribution in [0.25, 0.3) is 0 Å². The molecule has 0 saturated heterocycles. The van der Waals surface area contributed by atoms with Gasteiger partial charge < -0.3 is 10.2 Å². The van der Waals surface area contributed by atoms with Crippen molar-refractivity contribution in [1.29, 1.82) is 0 Å². The van der Waals surface area contributed by atoms with Crippen LogP contribution in [0.5, 0.6) is 0 Å². The molecule has 106 valence electrons. The summed E-state index contributed by atoms with van der Waals surface area (Å²) in [4.78, 5) is 10.7. The third-order valence-electron chi connectivity index (χ3n) is 2.40. The van der Waals surface area contributed by atoms with Crippen molar-refractivity contribution in [1.82, 2.24) is 4.31 Å². The number of likely N-dealkylation sites (N-methyl/N-ethyl adjacent to an activating group) is 1. The molecule has 0 aliphatic heterocycles. The maximum atomic E-state index is 12.2. The van der Waals surface area contributed by atoms with Crippen LogP contribution in [0.1, 0.15) is 24.2 Å². The quantitative estimate of drug-likeness (QED) is 0.834. The first-order valence-electron chi connectivity index (χ1n) is 5.56. The number of aliphatic hydroxyl groups is 1. The van der Waals surface area contributed by atoms with E-state index in [1.807, 2.05) is 0 Å². The number of rotatable bonds is 5. The van der Waals surface area contributed by atoms with Crippen LogP contribution >= 0.6 is 0 Å². The zero-order valence-electron chi connectivity index (χ0n) is 11.0. The molecule has 0 heterocycles. The SMILES string of the molecule is CN(CC(C)(C)O)S(=O)(=O)c1cccc(C(=O)O)c1. The minimum Gasteiger partial charge on any atom is -0.478 e. The third kappa shape index (κ3) is 4.02. The lowest BCUT2D eigenvalue weighted by Crippen LogP contribution is -2.39. The fraction of sp³-hybridized carbons (Fsp3) is 0.417. The normalized spacial score (nSPS) is 12.7. The van der Waals surface area contributed by atoms with Crippen molar-refractivity contribution in [2.45, 2.75) is 24.3 Å². The summed E-state index contributed by atoms with van der Waals surface area (Å²) in [6, 6.07) is 5.10. The molecule has 0 amide bonds. The monoisotopic (exact) mass is 287 g/mol. The van der Waals surface area contributed by atoms with Crippen LogP contribution in [0.2, 0.25) is 0 Å². The lowest BCUT2D eigenvalue weighted by molar-refractivity contribution is 0.0638. The second kappa shape index (κ2) is 5.28. The van der Waals surface area contributed by atoms with E-state index in [9.17, 15) is 18.3 Å². The van der Waals surface area contributed by atoms with Gasteiger partial charge in [-0.2, -0.15) is 4.31 Å². The Morgan fingerprint density at radius 1 is 1.37 bits per heavy atom. The fourth-order valence-corrected chi connectivity index (χ4v) is 2.97. The standard InChI is InChI=1S/C12H17NO5S/c1-12(2,16)8-13(3)19(17,18)10-6-4-5-9(7-10)11(14)15/h4-7,16H,8H2,1-3H3,(H,14,15). The van der Waals surface area contributed by atoms with Crippen molar-refractivity contribution in [3.63, 3.8) is 0 Å². The van der Waals surface area contributed by atoms with Gasteiger partial charge in [-0.25, -0.2) is 13.2 Å². The van der Waals surface area contributed by atoms with Gasteiger partial charge in [0.15, 0.2) is 0 Å². The largest absolute Gasteiger partial charge is 0.478 e. The number of carboxylic acid groups (broad SMARTS) is 1. The van der Waals surface area contributed by atoms with Gasteiger partial charge >= 0.3 is 5.97 Å². The Labute approximate surface area is 112 Å². The van der Waals surface area contributed by atoms with E-state index >= 15 is 0 Å². The first-order chi connectivity index (χ1) is 8.54. The third-order valence-corrected chi connectivity index (χ3v) is 4.20. The first kappa shape index (κ1) is 15.6. The molecule has 0 aromatic heterocycles. The topological polar surface area (TPSA) is 94.9 Å². The van der Waals surface area contributed by atoms with Gasteiger partial charge in [-0.3, -0.25) is 0 Å². The molecule has 1 rings (SSSR count). The number of carbonyl (C=O) groups is 1. The van der Waals surface area contributed by atoms with E-state index in [0.29, 0.717) is 0 Å². The summed E-state index contributed by atoms with van der Waals surface area (Å²) in [5.41, 5.74) is -1.27. The number of sulfonamides is 1. The zero-order valence-corrected chi connectivity index (χ0v) is 11.8. The summed E-state index contributed by atoms with van der Waals surface area (Å²) in [5.74, 6) is -1.19. The smallest absolute Gasteiger partial charge is 0.335 e. The Kier molecular flexibility index (Phi) is 4.34. The van der Waals surface area contributed by atoms with Crippen molar-refractivity contribution in [3.05, 3.63) is 29.8 Å². The van der Waals surface area contributed by atoms with E-state index in [-0.39, 0.29) is 17.0 Å². The summed E-state index contributed by atoms with van der Waals surface area (Å²) in [5, 5.41) is 18.5. The fourth-order valence-electron chi connectivity index (χ4n) is 1.60. The highest BCUT2D eigenvalue weighted by Gasteiger charge is 2.26. The molecule has 0 spiro atoms. The van der Waals surface area contributed by atoms with Crippen molar-refractivity contribution in [2.24, 2.45) is 0 Å². The molecule has 7 heteroatoms. The summed E-state index contributed by atoms with van der Waals surface area (Å²) in [7, 11) is -2.48. The van der Waals surface area contributed by atoms with Crippen LogP contribution in [0.15, 0.2) is 29.2 Å². The van der Waals surface area contributed by atoms with Crippen LogP contribution in [-0.2, 0) is 10.0 Å². The van der Waals surface area contributed by atoms with Gasteiger partial charge in [0.25, 0.3) is 0 Å². The molecule has 1 aromatic rings. The molecule has 0 aliphatic rings. The molecule has 19 heavy (non-hydrogen) atoms. The Bertz CT molecular complexity index is 574. The predicted molar refractivity (Wildman–Crippen MR) is 69.5 cm³/mol. The molecule has 0 atom stereocenters. The molecular weight excluding hydrogens is 270 g/mol. The molecule has 2 N–H and O–H groups in total. The van der Waals surface area contributed by atoms with Crippen LogP contribution < -0.4 is 0 Å². The van der Waals surface area contributed by atoms with Crippen molar-refractivity contribution < 1.29 is 23.4 Å². The highest BCUT2D eigenvalue weighted by molar-refractivity contribution is 7.89. The number of carboxylic acids is 1. The van der Waals surface area contributed by atoms with Crippen LogP contribution in [0.3, 0.4) is 0 Å². The van der Waals surface area contributed by atoms with Crippen LogP contribution in [0.4, 0.5) is 0 Å². The van der Waals surface area contributed by atoms with E-state index in [2.05, 4.69) is 0 Å². The first-order valence-corrected chi connectivity index (χ1v) is 7.00. The van der Waals surface area contributed by atoms with E-state index in [4.69, 9.17) is 5.11 Å². The predicted octanol–water partition coefficient (Wildman–Crippen LogP) is 0.776. The minimum absolute atomic E-state index is 0.0906. The number of hydrogen-bond acceptors (Lipinski definition) is 4. The van der Waals surface area contributed by atoms with Crippen LogP contribution in [0, 0.1) is 0 Å². The van der Waals surface area contributed by atoms with Gasteiger partial charge in [0.2, 0.25) is 10.0 Å². The van der Waals surface area contributed by atoms with Crippen molar-refractivity contribution in [2.75, 3.05) is 13.6 Å². The summed E-state index contributed by atoms with van der Waals surface area (Å²) in [6.07, 6.45) is 0. The average Bonchev–Trinajstić information content (AvgIpc) is 2.26. The second-order valence-corrected chi connectivity index (χ2v) is 6.95. The summed E-state index contributed by atoms with van der Waals surface area (Å²) < 4.78 is 25.4. The van der Waals surface area contributed by atoms with E-state index in [1.165, 1.54) is 39.1 Å². The number of benzene rings is 1. The van der Waals surface area contributed by atoms with E-state index in [1.54, 1.807) is 0 Å². The van der Waals surface area contributed by atoms with Crippen molar-refractivity contribution in [3.8, 4) is 0 Å². The summed E-state index contributed by atoms with van der Waals surface area (Å²) in [6.45, 7) is 2.89. The van der Waals surface area contributed by atoms with E-state index < -0.39 is 21.6 Å². The van der Waals surface area contributed by atoms with Gasteiger partial charge in [-0.15, -0.1) is 0 Å². The van der Waals surface area contributed by atoms with Crippen molar-refractivity contribution >= 4 is 16.0 Å². The highest BCUT2D eigenvalue weighted by atomic mass is 32.2. The Balaban J connectivity index is 3.13. The Morgan fingerprint density at radius 3 is 2.42 bits per heavy atom. The zero-order chi connectivity index (χ0) is 14.8. The van der Waals surface area contributed by atoms with Gasteiger partial charge in [0.1, 0.15) is 0 Å². The molecule has 0 aliphatic carbocycles. The molecule has 0 unspecified atom stereocenters. The molecule has 6 nitrogen and oxygen atoms in total. The highest BCUT2D eigenvalue weighted by Crippen LogP contribution is 2.18. The summed E-state index contributed by atoms with van der Waals surface area (Å²) >= 11 is 0. The Morgan fingerprint density at radius 2 is 1.95 bits per heavy atom. The van der Waals surface area contributed by atoms with Gasteiger partial charge in [0.05, 0.1) is 16.1 Å². The Hall–Kier alpha value is -1.44. The molecular formula is C12H17NO5S. The van der Waals surface area contributed by atoms with E-state index in [0.717, 1.165) is 10.4 Å². The number of aromatic carboxylic acids is 1. The van der Waals surface area contributed by atoms with Gasteiger partial charge in [0, 0.05) is 13.6 Å². The average molecular weight is 287 g/mol. The molecule has 0 saturated carbocycles. The maximum Gasteiger partial charge on any atom is 0.335 e. The molecule has 1 aromatic carbocycles. The van der Waals surface area contributed by atoms with Gasteiger partial charge in [-0.05, 0) is 32.0 Å². The minimum atomic E-state index is -3.82. The maximum absolute atomic E-state index is 12.2. The lowest BCUT2D eigenvalue weighted by atomic mass is 10.1. The molecule has 0 fully saturated rings. The number of nitrogens with zero attached hydrogens (tertiary/aromatic N) is 1. The molecule has 0 radical (unpaired) electrons. The second-order valence-electron chi connectivity index (χ2n) is 4.91. The number of hydrogen-bond donors (Lipinski definition) is 2. The lowest BCUT2D eigenvalue weighted by Gasteiger charge is -2.25.